The number of amides is 1. The molecule has 2 heterocycles. The second-order valence-electron chi connectivity index (χ2n) is 9.61. The Morgan fingerprint density at radius 1 is 1.13 bits per heavy atom. The lowest BCUT2D eigenvalue weighted by molar-refractivity contribution is -0.135. The van der Waals surface area contributed by atoms with Gasteiger partial charge in [0.25, 0.3) is 0 Å². The summed E-state index contributed by atoms with van der Waals surface area (Å²) in [4.78, 5) is 22.2. The Morgan fingerprint density at radius 2 is 1.90 bits per heavy atom. The highest BCUT2D eigenvalue weighted by atomic mass is 127. The van der Waals surface area contributed by atoms with Gasteiger partial charge < -0.3 is 20.3 Å². The molecule has 3 rings (SSSR count). The molecule has 1 aliphatic carbocycles. The van der Waals surface area contributed by atoms with Crippen LogP contribution in [0.1, 0.15) is 59.3 Å². The minimum Gasteiger partial charge on any atom is -0.374 e. The summed E-state index contributed by atoms with van der Waals surface area (Å²) in [6, 6.07) is 0.278. The summed E-state index contributed by atoms with van der Waals surface area (Å²) in [7, 11) is 0. The van der Waals surface area contributed by atoms with E-state index in [1.54, 1.807) is 0 Å². The van der Waals surface area contributed by atoms with Gasteiger partial charge in [-0.05, 0) is 32.1 Å². The number of halogens is 1. The fourth-order valence-corrected chi connectivity index (χ4v) is 4.97. The molecule has 1 amide bonds. The highest BCUT2D eigenvalue weighted by molar-refractivity contribution is 14.0. The van der Waals surface area contributed by atoms with Crippen molar-refractivity contribution >= 4 is 35.8 Å². The van der Waals surface area contributed by atoms with Crippen LogP contribution in [-0.2, 0) is 9.53 Å². The Hall–Kier alpha value is -0.610. The van der Waals surface area contributed by atoms with Gasteiger partial charge in [-0.1, -0.05) is 33.1 Å². The maximum atomic E-state index is 12.8. The molecule has 2 aliphatic heterocycles. The number of morpholine rings is 1. The lowest BCUT2D eigenvalue weighted by Gasteiger charge is -2.33. The first kappa shape index (κ1) is 26.6. The Morgan fingerprint density at radius 3 is 2.61 bits per heavy atom. The lowest BCUT2D eigenvalue weighted by atomic mass is 9.88. The predicted octanol–water partition coefficient (Wildman–Crippen LogP) is 2.70. The number of nitrogens with zero attached hydrogens (tertiary/aromatic N) is 3. The number of carbonyl (C=O) groups is 1. The van der Waals surface area contributed by atoms with E-state index in [2.05, 4.69) is 41.2 Å². The first-order valence-electron chi connectivity index (χ1n) is 12.2. The van der Waals surface area contributed by atoms with E-state index in [1.807, 2.05) is 0 Å². The molecule has 2 saturated heterocycles. The van der Waals surface area contributed by atoms with Crippen LogP contribution in [0.15, 0.2) is 4.99 Å². The Kier molecular flexibility index (Phi) is 11.9. The number of likely N-dealkylation sites (tertiary alicyclic amines) is 1. The van der Waals surface area contributed by atoms with E-state index in [9.17, 15) is 4.79 Å². The molecule has 2 unspecified atom stereocenters. The maximum Gasteiger partial charge on any atom is 0.225 e. The van der Waals surface area contributed by atoms with Crippen LogP contribution in [0.5, 0.6) is 0 Å². The summed E-state index contributed by atoms with van der Waals surface area (Å²) in [5.74, 6) is 2.16. The molecule has 1 saturated carbocycles. The van der Waals surface area contributed by atoms with Crippen molar-refractivity contribution < 1.29 is 9.53 Å². The lowest BCUT2D eigenvalue weighted by Crippen LogP contribution is -2.47. The maximum absolute atomic E-state index is 12.8. The number of carbonyl (C=O) groups excluding carboxylic acids is 1. The Labute approximate surface area is 206 Å². The number of hydrogen-bond acceptors (Lipinski definition) is 4. The molecular formula is C23H44IN5O2. The largest absolute Gasteiger partial charge is 0.374 e. The summed E-state index contributed by atoms with van der Waals surface area (Å²) >= 11 is 0. The van der Waals surface area contributed by atoms with E-state index in [0.29, 0.717) is 18.4 Å². The van der Waals surface area contributed by atoms with Crippen LogP contribution in [0, 0.1) is 11.8 Å². The summed E-state index contributed by atoms with van der Waals surface area (Å²) in [6.07, 6.45) is 7.00. The predicted molar refractivity (Wildman–Crippen MR) is 137 cm³/mol. The number of ether oxygens (including phenoxy) is 1. The van der Waals surface area contributed by atoms with Crippen LogP contribution in [0.2, 0.25) is 0 Å². The molecular weight excluding hydrogens is 505 g/mol. The second-order valence-corrected chi connectivity index (χ2v) is 9.61. The molecule has 2 atom stereocenters. The molecule has 180 valence electrons. The molecule has 0 bridgehead atoms. The molecule has 31 heavy (non-hydrogen) atoms. The molecule has 0 aromatic carbocycles. The molecule has 3 fully saturated rings. The van der Waals surface area contributed by atoms with E-state index in [1.165, 1.54) is 19.3 Å². The minimum atomic E-state index is 0. The van der Waals surface area contributed by atoms with Gasteiger partial charge in [0, 0.05) is 51.2 Å². The summed E-state index contributed by atoms with van der Waals surface area (Å²) in [5.41, 5.74) is 0. The first-order chi connectivity index (χ1) is 14.5. The standard InChI is InChI=1S/C23H43N5O2.HI/c1-4-24-23(25-14-21-17-27(12-13-30-21)15-18(2)3)26-20-10-11-28(16-20)22(29)19-8-6-5-7-9-19;/h18-21H,4-17H2,1-3H3,(H2,24,25,26);1H. The fraction of sp³-hybridized carbons (Fsp3) is 0.913. The molecule has 0 spiro atoms. The quantitative estimate of drug-likeness (QED) is 0.291. The van der Waals surface area contributed by atoms with Gasteiger partial charge in [-0.15, -0.1) is 24.0 Å². The molecule has 0 aromatic heterocycles. The van der Waals surface area contributed by atoms with Gasteiger partial charge >= 0.3 is 0 Å². The number of nitrogens with one attached hydrogen (secondary N) is 2. The number of hydrogen-bond donors (Lipinski definition) is 2. The highest BCUT2D eigenvalue weighted by Crippen LogP contribution is 2.26. The van der Waals surface area contributed by atoms with Gasteiger partial charge in [0.1, 0.15) is 0 Å². The van der Waals surface area contributed by atoms with Crippen molar-refractivity contribution in [1.29, 1.82) is 0 Å². The average Bonchev–Trinajstić information content (AvgIpc) is 3.20. The van der Waals surface area contributed by atoms with Gasteiger partial charge in [-0.3, -0.25) is 14.7 Å². The smallest absolute Gasteiger partial charge is 0.225 e. The molecule has 8 heteroatoms. The van der Waals surface area contributed by atoms with Crippen molar-refractivity contribution in [3.63, 3.8) is 0 Å². The number of aliphatic imine (C=N–C) groups is 1. The van der Waals surface area contributed by atoms with Crippen molar-refractivity contribution in [2.45, 2.75) is 71.4 Å². The minimum absolute atomic E-state index is 0. The van der Waals surface area contributed by atoms with Crippen LogP contribution in [0.4, 0.5) is 0 Å². The third-order valence-electron chi connectivity index (χ3n) is 6.44. The van der Waals surface area contributed by atoms with Gasteiger partial charge in [0.15, 0.2) is 5.96 Å². The van der Waals surface area contributed by atoms with E-state index in [4.69, 9.17) is 9.73 Å². The second kappa shape index (κ2) is 13.8. The molecule has 3 aliphatic rings. The summed E-state index contributed by atoms with van der Waals surface area (Å²) < 4.78 is 5.95. The number of guanidine groups is 1. The molecule has 0 aromatic rings. The van der Waals surface area contributed by atoms with Crippen molar-refractivity contribution in [1.82, 2.24) is 20.4 Å². The Bertz CT molecular complexity index is 568. The molecule has 0 radical (unpaired) electrons. The topological polar surface area (TPSA) is 69.2 Å². The van der Waals surface area contributed by atoms with Crippen LogP contribution < -0.4 is 10.6 Å². The van der Waals surface area contributed by atoms with Gasteiger partial charge in [-0.25, -0.2) is 0 Å². The van der Waals surface area contributed by atoms with Crippen LogP contribution >= 0.6 is 24.0 Å². The summed E-state index contributed by atoms with van der Waals surface area (Å²) in [5, 5.41) is 6.93. The van der Waals surface area contributed by atoms with Crippen LogP contribution in [0.3, 0.4) is 0 Å². The third-order valence-corrected chi connectivity index (χ3v) is 6.44. The Balaban J connectivity index is 0.00000341. The third kappa shape index (κ3) is 8.68. The molecule has 7 nitrogen and oxygen atoms in total. The van der Waals surface area contributed by atoms with Gasteiger partial charge in [0.2, 0.25) is 5.91 Å². The zero-order valence-corrected chi connectivity index (χ0v) is 22.1. The van der Waals surface area contributed by atoms with E-state index >= 15 is 0 Å². The zero-order valence-electron chi connectivity index (χ0n) is 19.8. The monoisotopic (exact) mass is 549 g/mol. The first-order valence-corrected chi connectivity index (χ1v) is 12.2. The van der Waals surface area contributed by atoms with Crippen molar-refractivity contribution in [3.8, 4) is 0 Å². The SMILES string of the molecule is CCNC(=NCC1CN(CC(C)C)CCO1)NC1CCN(C(=O)C2CCCCC2)C1.I. The zero-order chi connectivity index (χ0) is 21.3. The fourth-order valence-electron chi connectivity index (χ4n) is 4.97. The van der Waals surface area contributed by atoms with Crippen LogP contribution in [-0.4, -0.2) is 86.2 Å². The normalized spacial score (nSPS) is 26.1. The van der Waals surface area contributed by atoms with E-state index in [0.717, 1.165) is 71.1 Å². The van der Waals surface area contributed by atoms with Crippen molar-refractivity contribution in [2.24, 2.45) is 16.8 Å². The van der Waals surface area contributed by atoms with Crippen LogP contribution in [0.25, 0.3) is 0 Å². The highest BCUT2D eigenvalue weighted by Gasteiger charge is 2.32. The van der Waals surface area contributed by atoms with Gasteiger partial charge in [0.05, 0.1) is 19.3 Å². The molecule has 2 N–H and O–H groups in total. The average molecular weight is 550 g/mol. The van der Waals surface area contributed by atoms with Gasteiger partial charge in [-0.2, -0.15) is 0 Å². The van der Waals surface area contributed by atoms with Crippen molar-refractivity contribution in [3.05, 3.63) is 0 Å². The van der Waals surface area contributed by atoms with E-state index in [-0.39, 0.29) is 42.0 Å². The van der Waals surface area contributed by atoms with Crippen molar-refractivity contribution in [2.75, 3.05) is 52.4 Å². The number of rotatable bonds is 7. The van der Waals surface area contributed by atoms with E-state index < -0.39 is 0 Å². The summed E-state index contributed by atoms with van der Waals surface area (Å²) in [6.45, 7) is 13.6.